The molecule has 0 saturated heterocycles. The van der Waals surface area contributed by atoms with E-state index in [1.165, 1.54) is 61.0 Å². The number of pyridine rings is 1. The van der Waals surface area contributed by atoms with Gasteiger partial charge in [-0.15, -0.1) is 0 Å². The molecule has 0 spiro atoms. The maximum Gasteiger partial charge on any atom is 0.244 e. The molecule has 0 bridgehead atoms. The summed E-state index contributed by atoms with van der Waals surface area (Å²) < 4.78 is 39.5. The van der Waals surface area contributed by atoms with E-state index in [1.807, 2.05) is 0 Å². The van der Waals surface area contributed by atoms with Crippen molar-refractivity contribution >= 4 is 15.8 Å². The second-order valence-corrected chi connectivity index (χ2v) is 7.21. The fourth-order valence-electron chi connectivity index (χ4n) is 2.08. The highest BCUT2D eigenvalue weighted by Crippen LogP contribution is 2.26. The first-order chi connectivity index (χ1) is 10.7. The monoisotopic (exact) mass is 336 g/mol. The summed E-state index contributed by atoms with van der Waals surface area (Å²) in [4.78, 5) is 15.2. The molecule has 2 aromatic rings. The first kappa shape index (κ1) is 17.2. The van der Waals surface area contributed by atoms with E-state index in [0.29, 0.717) is 5.56 Å². The fraction of sp³-hybridized carbons (Fsp3) is 0.250. The van der Waals surface area contributed by atoms with Gasteiger partial charge in [-0.1, -0.05) is 12.1 Å². The normalized spacial score (nSPS) is 13.1. The lowest BCUT2D eigenvalue weighted by Crippen LogP contribution is -2.30. The molecule has 122 valence electrons. The molecule has 1 heterocycles. The van der Waals surface area contributed by atoms with Crippen LogP contribution in [0.1, 0.15) is 35.8 Å². The third kappa shape index (κ3) is 3.62. The Morgan fingerprint density at radius 3 is 2.39 bits per heavy atom. The van der Waals surface area contributed by atoms with Crippen molar-refractivity contribution in [2.75, 3.05) is 7.05 Å². The van der Waals surface area contributed by atoms with Gasteiger partial charge in [0.15, 0.2) is 5.78 Å². The molecular formula is C16H17FN2O3S. The standard InChI is InChI=1S/C16H17FN2O3S/c1-11(13-4-6-15(17)7-5-13)19(3)23(21,22)16-8-14(12(2)20)9-18-10-16/h4-11H,1-3H3. The summed E-state index contributed by atoms with van der Waals surface area (Å²) in [5.41, 5.74) is 0.891. The Bertz CT molecular complexity index is 819. The molecule has 0 aliphatic heterocycles. The maximum atomic E-state index is 13.0. The van der Waals surface area contributed by atoms with Gasteiger partial charge in [0.2, 0.25) is 10.0 Å². The van der Waals surface area contributed by atoms with Crippen molar-refractivity contribution in [3.63, 3.8) is 0 Å². The van der Waals surface area contributed by atoms with Crippen LogP contribution in [0.25, 0.3) is 0 Å². The zero-order valence-corrected chi connectivity index (χ0v) is 13.8. The number of Topliss-reactive ketones (excluding diaryl/α,β-unsaturated/α-hetero) is 1. The van der Waals surface area contributed by atoms with Gasteiger partial charge in [0.25, 0.3) is 0 Å². The summed E-state index contributed by atoms with van der Waals surface area (Å²) in [6.45, 7) is 3.05. The summed E-state index contributed by atoms with van der Waals surface area (Å²) in [6, 6.07) is 6.45. The summed E-state index contributed by atoms with van der Waals surface area (Å²) >= 11 is 0. The number of halogens is 1. The van der Waals surface area contributed by atoms with Gasteiger partial charge in [0.1, 0.15) is 10.7 Å². The minimum absolute atomic E-state index is 0.0540. The van der Waals surface area contributed by atoms with E-state index < -0.39 is 16.1 Å². The minimum atomic E-state index is -3.83. The van der Waals surface area contributed by atoms with Crippen molar-refractivity contribution < 1.29 is 17.6 Å². The van der Waals surface area contributed by atoms with Crippen molar-refractivity contribution in [1.29, 1.82) is 0 Å². The zero-order valence-electron chi connectivity index (χ0n) is 13.0. The van der Waals surface area contributed by atoms with Crippen molar-refractivity contribution in [3.8, 4) is 0 Å². The molecule has 0 amide bonds. The van der Waals surface area contributed by atoms with Crippen LogP contribution in [0.2, 0.25) is 0 Å². The van der Waals surface area contributed by atoms with Crippen LogP contribution in [0.15, 0.2) is 47.6 Å². The molecule has 5 nitrogen and oxygen atoms in total. The lowest BCUT2D eigenvalue weighted by atomic mass is 10.1. The number of hydrogen-bond donors (Lipinski definition) is 0. The van der Waals surface area contributed by atoms with Gasteiger partial charge >= 0.3 is 0 Å². The number of nitrogens with zero attached hydrogens (tertiary/aromatic N) is 2. The summed E-state index contributed by atoms with van der Waals surface area (Å²) in [7, 11) is -2.39. The van der Waals surface area contributed by atoms with Gasteiger partial charge in [-0.2, -0.15) is 4.31 Å². The third-order valence-electron chi connectivity index (χ3n) is 3.69. The molecule has 7 heteroatoms. The van der Waals surface area contributed by atoms with Crippen LogP contribution < -0.4 is 0 Å². The van der Waals surface area contributed by atoms with E-state index in [9.17, 15) is 17.6 Å². The van der Waals surface area contributed by atoms with E-state index in [-0.39, 0.29) is 22.1 Å². The zero-order chi connectivity index (χ0) is 17.2. The molecular weight excluding hydrogens is 319 g/mol. The van der Waals surface area contributed by atoms with Crippen LogP contribution in [0.5, 0.6) is 0 Å². The fourth-order valence-corrected chi connectivity index (χ4v) is 3.42. The van der Waals surface area contributed by atoms with Gasteiger partial charge in [-0.05, 0) is 37.6 Å². The van der Waals surface area contributed by atoms with Gasteiger partial charge < -0.3 is 0 Å². The Morgan fingerprint density at radius 1 is 1.22 bits per heavy atom. The van der Waals surface area contributed by atoms with Crippen molar-refractivity contribution in [2.24, 2.45) is 0 Å². The topological polar surface area (TPSA) is 67.3 Å². The Hall–Kier alpha value is -2.12. The molecule has 0 radical (unpaired) electrons. The van der Waals surface area contributed by atoms with Crippen molar-refractivity contribution in [2.45, 2.75) is 24.8 Å². The quantitative estimate of drug-likeness (QED) is 0.788. The SMILES string of the molecule is CC(=O)c1cncc(S(=O)(=O)N(C)C(C)c2ccc(F)cc2)c1. The molecule has 2 rings (SSSR count). The molecule has 0 saturated carbocycles. The van der Waals surface area contributed by atoms with Gasteiger partial charge in [0.05, 0.1) is 0 Å². The number of carbonyl (C=O) groups excluding carboxylic acids is 1. The number of ketones is 1. The molecule has 1 aromatic heterocycles. The number of carbonyl (C=O) groups is 1. The number of rotatable bonds is 5. The van der Waals surface area contributed by atoms with Crippen LogP contribution in [-0.4, -0.2) is 30.5 Å². The predicted octanol–water partition coefficient (Wildman–Crippen LogP) is 2.81. The number of sulfonamides is 1. The smallest absolute Gasteiger partial charge is 0.244 e. The molecule has 23 heavy (non-hydrogen) atoms. The average Bonchev–Trinajstić information content (AvgIpc) is 2.54. The van der Waals surface area contributed by atoms with Gasteiger partial charge in [0, 0.05) is 31.0 Å². The first-order valence-corrected chi connectivity index (χ1v) is 8.37. The number of hydrogen-bond acceptors (Lipinski definition) is 4. The van der Waals surface area contributed by atoms with E-state index in [4.69, 9.17) is 0 Å². The first-order valence-electron chi connectivity index (χ1n) is 6.93. The Labute approximate surface area is 134 Å². The second-order valence-electron chi connectivity index (χ2n) is 5.21. The molecule has 0 aliphatic carbocycles. The highest BCUT2D eigenvalue weighted by molar-refractivity contribution is 7.89. The maximum absolute atomic E-state index is 13.0. The van der Waals surface area contributed by atoms with Gasteiger partial charge in [-0.25, -0.2) is 12.8 Å². The average molecular weight is 336 g/mol. The van der Waals surface area contributed by atoms with Crippen LogP contribution in [-0.2, 0) is 10.0 Å². The molecule has 1 unspecified atom stereocenters. The van der Waals surface area contributed by atoms with E-state index in [2.05, 4.69) is 4.98 Å². The molecule has 1 atom stereocenters. The molecule has 1 aromatic carbocycles. The third-order valence-corrected chi connectivity index (χ3v) is 5.59. The lowest BCUT2D eigenvalue weighted by Gasteiger charge is -2.24. The highest BCUT2D eigenvalue weighted by Gasteiger charge is 2.27. The van der Waals surface area contributed by atoms with Crippen LogP contribution in [0.4, 0.5) is 4.39 Å². The number of aromatic nitrogens is 1. The van der Waals surface area contributed by atoms with Gasteiger partial charge in [-0.3, -0.25) is 9.78 Å². The highest BCUT2D eigenvalue weighted by atomic mass is 32.2. The minimum Gasteiger partial charge on any atom is -0.294 e. The molecule has 0 N–H and O–H groups in total. The Morgan fingerprint density at radius 2 is 1.83 bits per heavy atom. The predicted molar refractivity (Wildman–Crippen MR) is 84.0 cm³/mol. The lowest BCUT2D eigenvalue weighted by molar-refractivity contribution is 0.101. The van der Waals surface area contributed by atoms with E-state index in [1.54, 1.807) is 6.92 Å². The van der Waals surface area contributed by atoms with Crippen LogP contribution >= 0.6 is 0 Å². The second kappa shape index (κ2) is 6.55. The van der Waals surface area contributed by atoms with E-state index in [0.717, 1.165) is 0 Å². The summed E-state index contributed by atoms with van der Waals surface area (Å²) in [5.74, 6) is -0.645. The largest absolute Gasteiger partial charge is 0.294 e. The summed E-state index contributed by atoms with van der Waals surface area (Å²) in [6.07, 6.45) is 2.53. The number of benzene rings is 1. The van der Waals surface area contributed by atoms with Crippen LogP contribution in [0.3, 0.4) is 0 Å². The summed E-state index contributed by atoms with van der Waals surface area (Å²) in [5, 5.41) is 0. The van der Waals surface area contributed by atoms with Crippen LogP contribution in [0, 0.1) is 5.82 Å². The van der Waals surface area contributed by atoms with Crippen molar-refractivity contribution in [1.82, 2.24) is 9.29 Å². The van der Waals surface area contributed by atoms with E-state index >= 15 is 0 Å². The van der Waals surface area contributed by atoms with Crippen molar-refractivity contribution in [3.05, 3.63) is 59.7 Å². The Kier molecular flexibility index (Phi) is 4.91. The molecule has 0 fully saturated rings. The Balaban J connectivity index is 2.36. The molecule has 0 aliphatic rings.